The highest BCUT2D eigenvalue weighted by Gasteiger charge is 2.20. The third-order valence-corrected chi connectivity index (χ3v) is 4.40. The van der Waals surface area contributed by atoms with Gasteiger partial charge in [0.25, 0.3) is 11.5 Å². The summed E-state index contributed by atoms with van der Waals surface area (Å²) in [5.41, 5.74) is 0.430. The van der Waals surface area contributed by atoms with Crippen LogP contribution in [0.15, 0.2) is 65.5 Å². The third kappa shape index (κ3) is 6.06. The maximum absolute atomic E-state index is 12.6. The van der Waals surface area contributed by atoms with E-state index in [1.807, 2.05) is 0 Å². The summed E-state index contributed by atoms with van der Waals surface area (Å²) in [7, 11) is 0. The van der Waals surface area contributed by atoms with Gasteiger partial charge in [0.15, 0.2) is 12.4 Å². The van der Waals surface area contributed by atoms with Crippen LogP contribution < -0.4 is 15.6 Å². The molecule has 0 atom stereocenters. The van der Waals surface area contributed by atoms with E-state index in [1.54, 1.807) is 44.2 Å². The molecular weight excluding hydrogens is 442 g/mol. The molecule has 1 aromatic heterocycles. The fraction of sp³-hybridized carbons (Fsp3) is 0.208. The summed E-state index contributed by atoms with van der Waals surface area (Å²) in [6.07, 6.45) is 0. The van der Waals surface area contributed by atoms with Crippen molar-refractivity contribution in [2.75, 3.05) is 25.1 Å². The number of para-hydroxylation sites is 1. The van der Waals surface area contributed by atoms with E-state index in [9.17, 15) is 19.2 Å². The molecule has 10 heteroatoms. The standard InChI is InChI=1S/C24H23N3O7/c1-3-32-23(30)16-10-12-17(13-11-16)25-20(28)15-34-19-14-21(29)27(18-8-6-5-7-9-18)26-22(19)24(31)33-4-2/h5-14H,3-4,15H2,1-2H3,(H,25,28). The van der Waals surface area contributed by atoms with E-state index in [2.05, 4.69) is 10.4 Å². The minimum atomic E-state index is -0.794. The van der Waals surface area contributed by atoms with Gasteiger partial charge < -0.3 is 19.5 Å². The van der Waals surface area contributed by atoms with E-state index in [4.69, 9.17) is 14.2 Å². The average Bonchev–Trinajstić information content (AvgIpc) is 2.84. The molecule has 2 aromatic carbocycles. The Labute approximate surface area is 195 Å². The Morgan fingerprint density at radius 1 is 0.912 bits per heavy atom. The average molecular weight is 465 g/mol. The van der Waals surface area contributed by atoms with Gasteiger partial charge in [-0.2, -0.15) is 9.78 Å². The molecule has 0 aliphatic carbocycles. The largest absolute Gasteiger partial charge is 0.481 e. The Hall–Kier alpha value is -4.47. The van der Waals surface area contributed by atoms with Gasteiger partial charge in [-0.15, -0.1) is 0 Å². The van der Waals surface area contributed by atoms with E-state index in [0.29, 0.717) is 16.9 Å². The first kappa shape index (κ1) is 24.2. The van der Waals surface area contributed by atoms with E-state index in [-0.39, 0.29) is 24.7 Å². The van der Waals surface area contributed by atoms with Crippen LogP contribution in [0.1, 0.15) is 34.7 Å². The minimum Gasteiger partial charge on any atom is -0.481 e. The topological polar surface area (TPSA) is 126 Å². The molecule has 10 nitrogen and oxygen atoms in total. The van der Waals surface area contributed by atoms with Gasteiger partial charge in [-0.1, -0.05) is 18.2 Å². The first-order chi connectivity index (χ1) is 16.4. The Kier molecular flexibility index (Phi) is 8.11. The molecule has 1 heterocycles. The molecular formula is C24H23N3O7. The van der Waals surface area contributed by atoms with Crippen molar-refractivity contribution in [1.29, 1.82) is 0 Å². The fourth-order valence-electron chi connectivity index (χ4n) is 2.89. The molecule has 0 fully saturated rings. The highest BCUT2D eigenvalue weighted by molar-refractivity contribution is 5.94. The van der Waals surface area contributed by atoms with E-state index in [1.165, 1.54) is 24.3 Å². The number of nitrogens with zero attached hydrogens (tertiary/aromatic N) is 2. The van der Waals surface area contributed by atoms with Crippen LogP contribution in [0.2, 0.25) is 0 Å². The van der Waals surface area contributed by atoms with Crippen molar-refractivity contribution in [2.45, 2.75) is 13.8 Å². The number of nitrogens with one attached hydrogen (secondary N) is 1. The molecule has 3 rings (SSSR count). The Morgan fingerprint density at radius 3 is 2.21 bits per heavy atom. The van der Waals surface area contributed by atoms with Gasteiger partial charge in [0.2, 0.25) is 5.69 Å². The van der Waals surface area contributed by atoms with Gasteiger partial charge in [0, 0.05) is 5.69 Å². The number of hydrogen-bond acceptors (Lipinski definition) is 8. The second kappa shape index (κ2) is 11.4. The van der Waals surface area contributed by atoms with Crippen LogP contribution in [0.4, 0.5) is 5.69 Å². The van der Waals surface area contributed by atoms with Gasteiger partial charge in [0.1, 0.15) is 0 Å². The number of aromatic nitrogens is 2. The lowest BCUT2D eigenvalue weighted by Gasteiger charge is -2.12. The van der Waals surface area contributed by atoms with Crippen molar-refractivity contribution in [3.05, 3.63) is 82.3 Å². The predicted octanol–water partition coefficient (Wildman–Crippen LogP) is 2.60. The monoisotopic (exact) mass is 465 g/mol. The van der Waals surface area contributed by atoms with Gasteiger partial charge in [-0.25, -0.2) is 9.59 Å². The molecule has 34 heavy (non-hydrogen) atoms. The molecule has 0 aliphatic rings. The molecule has 0 saturated heterocycles. The van der Waals surface area contributed by atoms with Gasteiger partial charge in [-0.05, 0) is 50.2 Å². The minimum absolute atomic E-state index is 0.0900. The molecule has 1 N–H and O–H groups in total. The quantitative estimate of drug-likeness (QED) is 0.478. The first-order valence-corrected chi connectivity index (χ1v) is 10.5. The maximum atomic E-state index is 12.6. The summed E-state index contributed by atoms with van der Waals surface area (Å²) in [4.78, 5) is 49.0. The summed E-state index contributed by atoms with van der Waals surface area (Å²) < 4.78 is 16.4. The molecule has 0 saturated carbocycles. The van der Waals surface area contributed by atoms with E-state index in [0.717, 1.165) is 10.7 Å². The molecule has 0 aliphatic heterocycles. The van der Waals surface area contributed by atoms with E-state index >= 15 is 0 Å². The fourth-order valence-corrected chi connectivity index (χ4v) is 2.89. The molecule has 176 valence electrons. The van der Waals surface area contributed by atoms with Gasteiger partial charge in [0.05, 0.1) is 30.5 Å². The molecule has 0 spiro atoms. The molecule has 0 radical (unpaired) electrons. The van der Waals surface area contributed by atoms with Crippen molar-refractivity contribution < 1.29 is 28.6 Å². The number of carbonyl (C=O) groups excluding carboxylic acids is 3. The zero-order valence-corrected chi connectivity index (χ0v) is 18.6. The zero-order chi connectivity index (χ0) is 24.5. The van der Waals surface area contributed by atoms with E-state index < -0.39 is 30.0 Å². The lowest BCUT2D eigenvalue weighted by atomic mass is 10.2. The van der Waals surface area contributed by atoms with Crippen LogP contribution in [-0.4, -0.2) is 47.4 Å². The van der Waals surface area contributed by atoms with Crippen molar-refractivity contribution in [3.8, 4) is 11.4 Å². The number of hydrogen-bond donors (Lipinski definition) is 1. The van der Waals surface area contributed by atoms with Crippen LogP contribution in [0.25, 0.3) is 5.69 Å². The Balaban J connectivity index is 1.74. The van der Waals surface area contributed by atoms with Crippen LogP contribution in [0.3, 0.4) is 0 Å². The highest BCUT2D eigenvalue weighted by Crippen LogP contribution is 2.17. The second-order valence-corrected chi connectivity index (χ2v) is 6.80. The number of esters is 2. The summed E-state index contributed by atoms with van der Waals surface area (Å²) in [6, 6.07) is 15.7. The Morgan fingerprint density at radius 2 is 1.56 bits per heavy atom. The molecule has 0 bridgehead atoms. The SMILES string of the molecule is CCOC(=O)c1ccc(NC(=O)COc2cc(=O)n(-c3ccccc3)nc2C(=O)OCC)cc1. The van der Waals surface area contributed by atoms with Crippen LogP contribution in [0, 0.1) is 0 Å². The summed E-state index contributed by atoms with van der Waals surface area (Å²) >= 11 is 0. The third-order valence-electron chi connectivity index (χ3n) is 4.40. The highest BCUT2D eigenvalue weighted by atomic mass is 16.5. The number of anilines is 1. The van der Waals surface area contributed by atoms with Crippen LogP contribution in [-0.2, 0) is 14.3 Å². The zero-order valence-electron chi connectivity index (χ0n) is 18.6. The van der Waals surface area contributed by atoms with Crippen LogP contribution >= 0.6 is 0 Å². The number of ether oxygens (including phenoxy) is 3. The molecule has 1 amide bonds. The molecule has 3 aromatic rings. The van der Waals surface area contributed by atoms with Crippen molar-refractivity contribution >= 4 is 23.5 Å². The number of rotatable bonds is 9. The summed E-state index contributed by atoms with van der Waals surface area (Å²) in [5, 5.41) is 6.69. The summed E-state index contributed by atoms with van der Waals surface area (Å²) in [6.45, 7) is 3.19. The summed E-state index contributed by atoms with van der Waals surface area (Å²) in [5.74, 6) is -1.99. The number of benzene rings is 2. The van der Waals surface area contributed by atoms with Gasteiger partial charge >= 0.3 is 11.9 Å². The van der Waals surface area contributed by atoms with Crippen molar-refractivity contribution in [1.82, 2.24) is 9.78 Å². The maximum Gasteiger partial charge on any atom is 0.362 e. The predicted molar refractivity (Wildman–Crippen MR) is 122 cm³/mol. The Bertz CT molecular complexity index is 1220. The first-order valence-electron chi connectivity index (χ1n) is 10.5. The smallest absolute Gasteiger partial charge is 0.362 e. The number of carbonyl (C=O) groups is 3. The van der Waals surface area contributed by atoms with Crippen molar-refractivity contribution in [2.24, 2.45) is 0 Å². The number of amides is 1. The van der Waals surface area contributed by atoms with Gasteiger partial charge in [-0.3, -0.25) is 9.59 Å². The second-order valence-electron chi connectivity index (χ2n) is 6.80. The lowest BCUT2D eigenvalue weighted by molar-refractivity contribution is -0.118. The molecule has 0 unspecified atom stereocenters. The van der Waals surface area contributed by atoms with Crippen LogP contribution in [0.5, 0.6) is 5.75 Å². The van der Waals surface area contributed by atoms with Crippen molar-refractivity contribution in [3.63, 3.8) is 0 Å². The normalized spacial score (nSPS) is 10.3. The lowest BCUT2D eigenvalue weighted by Crippen LogP contribution is -2.27.